The summed E-state index contributed by atoms with van der Waals surface area (Å²) in [4.78, 5) is 14.9. The average molecular weight is 485 g/mol. The summed E-state index contributed by atoms with van der Waals surface area (Å²) in [5.41, 5.74) is 1.25. The molecule has 34 heavy (non-hydrogen) atoms. The number of amides is 1. The standard InChI is InChI=1S/C24H25FN4O4S/c1-16-22(23(27-33-16)17-10-12-18(25)13-11-17)24(30)26-19-7-6-8-20(15-19)34(31,32)28-21-9-4-3-5-14-29(21)2/h6-8,10-13,15H,3-5,9,14H2,1-2H3,(H,26,30)/b28-21+. The molecule has 3 aromatic rings. The lowest BCUT2D eigenvalue weighted by molar-refractivity contribution is 0.102. The van der Waals surface area contributed by atoms with E-state index in [0.29, 0.717) is 17.8 Å². The van der Waals surface area contributed by atoms with E-state index in [1.165, 1.54) is 36.4 Å². The number of amidine groups is 1. The molecular weight excluding hydrogens is 459 g/mol. The normalized spacial score (nSPS) is 15.9. The number of hydrogen-bond donors (Lipinski definition) is 1. The van der Waals surface area contributed by atoms with Crippen LogP contribution in [0.5, 0.6) is 0 Å². The molecule has 1 aliphatic heterocycles. The summed E-state index contributed by atoms with van der Waals surface area (Å²) >= 11 is 0. The number of rotatable bonds is 5. The Labute approximate surface area is 197 Å². The van der Waals surface area contributed by atoms with Crippen LogP contribution in [0.25, 0.3) is 11.3 Å². The number of carbonyl (C=O) groups excluding carboxylic acids is 1. The lowest BCUT2D eigenvalue weighted by atomic mass is 10.1. The quantitative estimate of drug-likeness (QED) is 0.566. The summed E-state index contributed by atoms with van der Waals surface area (Å²) < 4.78 is 48.5. The summed E-state index contributed by atoms with van der Waals surface area (Å²) in [6.45, 7) is 2.36. The summed E-state index contributed by atoms with van der Waals surface area (Å²) in [5, 5.41) is 6.64. The van der Waals surface area contributed by atoms with Gasteiger partial charge in [-0.15, -0.1) is 4.40 Å². The second-order valence-corrected chi connectivity index (χ2v) is 9.77. The van der Waals surface area contributed by atoms with Crippen molar-refractivity contribution in [1.29, 1.82) is 0 Å². The van der Waals surface area contributed by atoms with Crippen molar-refractivity contribution >= 4 is 27.5 Å². The summed E-state index contributed by atoms with van der Waals surface area (Å²) in [6, 6.07) is 11.5. The van der Waals surface area contributed by atoms with Crippen LogP contribution >= 0.6 is 0 Å². The first-order valence-corrected chi connectivity index (χ1v) is 12.4. The molecule has 0 saturated carbocycles. The van der Waals surface area contributed by atoms with Gasteiger partial charge in [0, 0.05) is 31.3 Å². The van der Waals surface area contributed by atoms with Gasteiger partial charge in [-0.1, -0.05) is 17.6 Å². The highest BCUT2D eigenvalue weighted by Gasteiger charge is 2.23. The number of nitrogens with one attached hydrogen (secondary N) is 1. The summed E-state index contributed by atoms with van der Waals surface area (Å²) in [6.07, 6.45) is 3.53. The van der Waals surface area contributed by atoms with Gasteiger partial charge in [0.05, 0.1) is 4.90 Å². The largest absolute Gasteiger partial charge is 0.362 e. The maximum absolute atomic E-state index is 13.3. The Kier molecular flexibility index (Phi) is 6.78. The average Bonchev–Trinajstić information content (AvgIpc) is 3.08. The third-order valence-electron chi connectivity index (χ3n) is 5.66. The predicted octanol–water partition coefficient (Wildman–Crippen LogP) is 4.63. The molecule has 178 valence electrons. The lowest BCUT2D eigenvalue weighted by Crippen LogP contribution is -2.26. The third-order valence-corrected chi connectivity index (χ3v) is 6.96. The molecule has 2 heterocycles. The van der Waals surface area contributed by atoms with E-state index in [1.54, 1.807) is 19.1 Å². The molecule has 0 bridgehead atoms. The zero-order chi connectivity index (χ0) is 24.3. The topological polar surface area (TPSA) is 105 Å². The highest BCUT2D eigenvalue weighted by atomic mass is 32.2. The molecule has 1 aliphatic rings. The van der Waals surface area contributed by atoms with E-state index in [0.717, 1.165) is 25.8 Å². The van der Waals surface area contributed by atoms with E-state index in [2.05, 4.69) is 14.9 Å². The second kappa shape index (κ2) is 9.76. The van der Waals surface area contributed by atoms with Crippen molar-refractivity contribution in [2.24, 2.45) is 4.40 Å². The fourth-order valence-electron chi connectivity index (χ4n) is 3.81. The predicted molar refractivity (Wildman–Crippen MR) is 127 cm³/mol. The van der Waals surface area contributed by atoms with Crippen molar-refractivity contribution in [2.45, 2.75) is 37.5 Å². The molecule has 0 radical (unpaired) electrons. The lowest BCUT2D eigenvalue weighted by Gasteiger charge is -2.17. The second-order valence-electron chi connectivity index (χ2n) is 8.17. The number of hydrogen-bond acceptors (Lipinski definition) is 5. The van der Waals surface area contributed by atoms with E-state index in [9.17, 15) is 17.6 Å². The van der Waals surface area contributed by atoms with Crippen LogP contribution < -0.4 is 5.32 Å². The van der Waals surface area contributed by atoms with Crippen LogP contribution in [0.4, 0.5) is 10.1 Å². The van der Waals surface area contributed by atoms with Crippen LogP contribution in [-0.2, 0) is 10.0 Å². The zero-order valence-corrected chi connectivity index (χ0v) is 19.7. The van der Waals surface area contributed by atoms with E-state index in [4.69, 9.17) is 4.52 Å². The van der Waals surface area contributed by atoms with Crippen LogP contribution in [0.15, 0.2) is 62.3 Å². The molecule has 1 N–H and O–H groups in total. The Bertz CT molecular complexity index is 1330. The van der Waals surface area contributed by atoms with Crippen LogP contribution in [-0.4, -0.2) is 43.8 Å². The minimum Gasteiger partial charge on any atom is -0.362 e. The number of aromatic nitrogens is 1. The monoisotopic (exact) mass is 484 g/mol. The number of nitrogens with zero attached hydrogens (tertiary/aromatic N) is 3. The highest BCUT2D eigenvalue weighted by molar-refractivity contribution is 7.90. The van der Waals surface area contributed by atoms with Gasteiger partial charge in [0.1, 0.15) is 28.7 Å². The molecule has 1 amide bonds. The maximum atomic E-state index is 13.3. The van der Waals surface area contributed by atoms with Crippen molar-refractivity contribution in [3.05, 3.63) is 65.7 Å². The van der Waals surface area contributed by atoms with Gasteiger partial charge in [0.25, 0.3) is 15.9 Å². The molecule has 8 nitrogen and oxygen atoms in total. The van der Waals surface area contributed by atoms with E-state index >= 15 is 0 Å². The minimum absolute atomic E-state index is 0.0174. The van der Waals surface area contributed by atoms with Crippen molar-refractivity contribution in [1.82, 2.24) is 10.1 Å². The van der Waals surface area contributed by atoms with Gasteiger partial charge in [-0.25, -0.2) is 4.39 Å². The van der Waals surface area contributed by atoms with Crippen molar-refractivity contribution in [2.75, 3.05) is 18.9 Å². The molecule has 4 rings (SSSR count). The van der Waals surface area contributed by atoms with Crippen LogP contribution in [0, 0.1) is 12.7 Å². The van der Waals surface area contributed by atoms with Gasteiger partial charge < -0.3 is 14.7 Å². The number of sulfonamides is 1. The van der Waals surface area contributed by atoms with Crippen molar-refractivity contribution in [3.63, 3.8) is 0 Å². The Morgan fingerprint density at radius 1 is 1.15 bits per heavy atom. The molecule has 1 saturated heterocycles. The number of likely N-dealkylation sites (tertiary alicyclic amines) is 1. The summed E-state index contributed by atoms with van der Waals surface area (Å²) in [5.74, 6) is -0.117. The van der Waals surface area contributed by atoms with Crippen LogP contribution in [0.3, 0.4) is 0 Å². The fourth-order valence-corrected chi connectivity index (χ4v) is 4.95. The summed E-state index contributed by atoms with van der Waals surface area (Å²) in [7, 11) is -2.11. The molecule has 0 aliphatic carbocycles. The van der Waals surface area contributed by atoms with Gasteiger partial charge in [0.15, 0.2) is 0 Å². The molecule has 1 fully saturated rings. The molecule has 2 aromatic carbocycles. The van der Waals surface area contributed by atoms with Crippen molar-refractivity contribution < 1.29 is 22.1 Å². The number of benzene rings is 2. The Balaban J connectivity index is 1.59. The zero-order valence-electron chi connectivity index (χ0n) is 18.9. The number of halogens is 1. The first-order chi connectivity index (χ1) is 16.2. The van der Waals surface area contributed by atoms with Gasteiger partial charge in [-0.3, -0.25) is 4.79 Å². The molecule has 1 aromatic heterocycles. The number of carbonyl (C=O) groups is 1. The Morgan fingerprint density at radius 3 is 2.68 bits per heavy atom. The van der Waals surface area contributed by atoms with Crippen LogP contribution in [0.1, 0.15) is 41.8 Å². The SMILES string of the molecule is Cc1onc(-c2ccc(F)cc2)c1C(=O)Nc1cccc(S(=O)(=O)/N=C2\CCCCCN2C)c1. The first kappa shape index (κ1) is 23.6. The molecule has 0 atom stereocenters. The number of aryl methyl sites for hydroxylation is 1. The smallest absolute Gasteiger partial charge is 0.284 e. The van der Waals surface area contributed by atoms with Gasteiger partial charge >= 0.3 is 0 Å². The Hall–Kier alpha value is -3.53. The fraction of sp³-hybridized carbons (Fsp3) is 0.292. The minimum atomic E-state index is -3.96. The highest BCUT2D eigenvalue weighted by Crippen LogP contribution is 2.27. The molecule has 10 heteroatoms. The van der Waals surface area contributed by atoms with Gasteiger partial charge in [-0.05, 0) is 62.2 Å². The molecule has 0 spiro atoms. The first-order valence-electron chi connectivity index (χ1n) is 10.9. The number of anilines is 1. The molecular formula is C24H25FN4O4S. The van der Waals surface area contributed by atoms with Crippen LogP contribution in [0.2, 0.25) is 0 Å². The van der Waals surface area contributed by atoms with E-state index in [-0.39, 0.29) is 27.6 Å². The van der Waals surface area contributed by atoms with Gasteiger partial charge in [-0.2, -0.15) is 8.42 Å². The third kappa shape index (κ3) is 5.17. The van der Waals surface area contributed by atoms with Gasteiger partial charge in [0.2, 0.25) is 0 Å². The van der Waals surface area contributed by atoms with E-state index in [1.807, 2.05) is 11.9 Å². The Morgan fingerprint density at radius 2 is 1.91 bits per heavy atom. The molecule has 0 unspecified atom stereocenters. The van der Waals surface area contributed by atoms with E-state index < -0.39 is 21.7 Å². The van der Waals surface area contributed by atoms with Crippen molar-refractivity contribution in [3.8, 4) is 11.3 Å². The maximum Gasteiger partial charge on any atom is 0.284 e.